The molecule has 1 aromatic heterocycles. The van der Waals surface area contributed by atoms with Gasteiger partial charge in [-0.15, -0.1) is 0 Å². The zero-order valence-corrected chi connectivity index (χ0v) is 13.4. The Morgan fingerprint density at radius 3 is 2.67 bits per heavy atom. The highest BCUT2D eigenvalue weighted by Crippen LogP contribution is 2.25. The van der Waals surface area contributed by atoms with Crippen molar-refractivity contribution in [3.05, 3.63) is 59.7 Å². The number of carboxylic acid groups (broad SMARTS) is 1. The largest absolute Gasteiger partial charge is 0.465 e. The number of aromatic nitrogens is 2. The van der Waals surface area contributed by atoms with Gasteiger partial charge in [-0.25, -0.2) is 9.78 Å². The van der Waals surface area contributed by atoms with Crippen molar-refractivity contribution >= 4 is 23.1 Å². The Hall–Kier alpha value is -3.02. The number of hydrogen-bond acceptors (Lipinski definition) is 3. The zero-order chi connectivity index (χ0) is 17.1. The van der Waals surface area contributed by atoms with Crippen LogP contribution in [0.2, 0.25) is 0 Å². The molecule has 0 spiro atoms. The van der Waals surface area contributed by atoms with E-state index in [1.165, 1.54) is 5.56 Å². The van der Waals surface area contributed by atoms with Gasteiger partial charge >= 0.3 is 6.09 Å². The molecule has 124 valence electrons. The summed E-state index contributed by atoms with van der Waals surface area (Å²) in [7, 11) is 0. The number of amides is 1. The van der Waals surface area contributed by atoms with Gasteiger partial charge in [0.25, 0.3) is 0 Å². The first-order valence-corrected chi connectivity index (χ1v) is 7.79. The Labute approximate surface area is 139 Å². The average Bonchev–Trinajstić information content (AvgIpc) is 2.89. The summed E-state index contributed by atoms with van der Waals surface area (Å²) in [6.45, 7) is 2.29. The van der Waals surface area contributed by atoms with Crippen LogP contribution in [0.4, 0.5) is 10.7 Å². The van der Waals surface area contributed by atoms with Crippen LogP contribution in [0.3, 0.4) is 0 Å². The molecule has 3 aromatic rings. The Balaban J connectivity index is 1.98. The molecule has 0 bridgehead atoms. The SMILES string of the molecule is Cc1ccc(CC(CNC(=O)O)n2c(N)nc3ccccc32)cc1. The highest BCUT2D eigenvalue weighted by molar-refractivity contribution is 5.78. The Bertz CT molecular complexity index is 855. The van der Waals surface area contributed by atoms with E-state index in [1.54, 1.807) is 0 Å². The fourth-order valence-corrected chi connectivity index (χ4v) is 2.90. The number of aryl methyl sites for hydroxylation is 1. The van der Waals surface area contributed by atoms with Crippen LogP contribution in [0.25, 0.3) is 11.0 Å². The van der Waals surface area contributed by atoms with Crippen molar-refractivity contribution in [2.24, 2.45) is 0 Å². The molecule has 6 heteroatoms. The van der Waals surface area contributed by atoms with Crippen LogP contribution in [-0.4, -0.2) is 27.3 Å². The number of fused-ring (bicyclic) bond motifs is 1. The van der Waals surface area contributed by atoms with Crippen molar-refractivity contribution in [1.29, 1.82) is 0 Å². The number of carbonyl (C=O) groups is 1. The van der Waals surface area contributed by atoms with E-state index in [0.717, 1.165) is 16.6 Å². The molecule has 3 rings (SSSR count). The number of rotatable bonds is 5. The van der Waals surface area contributed by atoms with Gasteiger partial charge < -0.3 is 20.7 Å². The van der Waals surface area contributed by atoms with Gasteiger partial charge in [0, 0.05) is 6.54 Å². The maximum Gasteiger partial charge on any atom is 0.404 e. The van der Waals surface area contributed by atoms with Crippen molar-refractivity contribution in [3.63, 3.8) is 0 Å². The van der Waals surface area contributed by atoms with E-state index >= 15 is 0 Å². The number of para-hydroxylation sites is 2. The van der Waals surface area contributed by atoms with Gasteiger partial charge in [-0.2, -0.15) is 0 Å². The van der Waals surface area contributed by atoms with Crippen LogP contribution < -0.4 is 11.1 Å². The van der Waals surface area contributed by atoms with Crippen molar-refractivity contribution < 1.29 is 9.90 Å². The smallest absolute Gasteiger partial charge is 0.404 e. The van der Waals surface area contributed by atoms with Crippen molar-refractivity contribution in [2.75, 3.05) is 12.3 Å². The third kappa shape index (κ3) is 3.32. The van der Waals surface area contributed by atoms with Gasteiger partial charge in [0.1, 0.15) is 0 Å². The minimum atomic E-state index is -1.05. The van der Waals surface area contributed by atoms with Crippen molar-refractivity contribution in [3.8, 4) is 0 Å². The fraction of sp³-hybridized carbons (Fsp3) is 0.222. The van der Waals surface area contributed by atoms with E-state index in [-0.39, 0.29) is 12.6 Å². The van der Waals surface area contributed by atoms with E-state index in [1.807, 2.05) is 47.9 Å². The summed E-state index contributed by atoms with van der Waals surface area (Å²) < 4.78 is 1.91. The van der Waals surface area contributed by atoms with Crippen LogP contribution in [-0.2, 0) is 6.42 Å². The molecule has 6 nitrogen and oxygen atoms in total. The molecular formula is C18H20N4O2. The molecule has 1 atom stereocenters. The number of nitrogens with zero attached hydrogens (tertiary/aromatic N) is 2. The number of anilines is 1. The van der Waals surface area contributed by atoms with Crippen LogP contribution in [0.5, 0.6) is 0 Å². The third-order valence-corrected chi connectivity index (χ3v) is 4.07. The predicted octanol–water partition coefficient (Wildman–Crippen LogP) is 2.98. The minimum Gasteiger partial charge on any atom is -0.465 e. The van der Waals surface area contributed by atoms with Crippen molar-refractivity contribution in [2.45, 2.75) is 19.4 Å². The molecule has 24 heavy (non-hydrogen) atoms. The Kier molecular flexibility index (Phi) is 4.37. The molecule has 0 aliphatic carbocycles. The maximum absolute atomic E-state index is 11.0. The highest BCUT2D eigenvalue weighted by atomic mass is 16.4. The van der Waals surface area contributed by atoms with Gasteiger partial charge in [-0.3, -0.25) is 0 Å². The number of nitrogens with two attached hydrogens (primary N) is 1. The van der Waals surface area contributed by atoms with E-state index in [9.17, 15) is 4.79 Å². The molecule has 0 aliphatic heterocycles. The molecule has 1 unspecified atom stereocenters. The minimum absolute atomic E-state index is 0.156. The second-order valence-corrected chi connectivity index (χ2v) is 5.86. The van der Waals surface area contributed by atoms with E-state index in [2.05, 4.69) is 22.4 Å². The second kappa shape index (κ2) is 6.62. The summed E-state index contributed by atoms with van der Waals surface area (Å²) in [6.07, 6.45) is -0.391. The van der Waals surface area contributed by atoms with E-state index < -0.39 is 6.09 Å². The second-order valence-electron chi connectivity index (χ2n) is 5.86. The van der Waals surface area contributed by atoms with Crippen LogP contribution in [0, 0.1) is 6.92 Å². The number of nitrogen functional groups attached to an aromatic ring is 1. The van der Waals surface area contributed by atoms with Gasteiger partial charge in [-0.1, -0.05) is 42.0 Å². The summed E-state index contributed by atoms with van der Waals surface area (Å²) in [5, 5.41) is 11.4. The predicted molar refractivity (Wildman–Crippen MR) is 94.1 cm³/mol. The molecule has 2 aromatic carbocycles. The van der Waals surface area contributed by atoms with Crippen molar-refractivity contribution in [1.82, 2.24) is 14.9 Å². The van der Waals surface area contributed by atoms with Gasteiger partial charge in [0.2, 0.25) is 5.95 Å². The summed E-state index contributed by atoms with van der Waals surface area (Å²) in [5.41, 5.74) is 10.1. The third-order valence-electron chi connectivity index (χ3n) is 4.07. The lowest BCUT2D eigenvalue weighted by molar-refractivity contribution is 0.192. The monoisotopic (exact) mass is 324 g/mol. The summed E-state index contributed by atoms with van der Waals surface area (Å²) in [6, 6.07) is 15.7. The number of imidazole rings is 1. The number of hydrogen-bond donors (Lipinski definition) is 3. The van der Waals surface area contributed by atoms with Gasteiger partial charge in [0.15, 0.2) is 0 Å². The first-order valence-electron chi connectivity index (χ1n) is 7.79. The quantitative estimate of drug-likeness (QED) is 0.672. The molecule has 4 N–H and O–H groups in total. The molecule has 0 aliphatic rings. The van der Waals surface area contributed by atoms with Gasteiger partial charge in [0.05, 0.1) is 17.1 Å². The lowest BCUT2D eigenvalue weighted by Crippen LogP contribution is -2.31. The molecule has 0 fully saturated rings. The molecule has 0 saturated heterocycles. The lowest BCUT2D eigenvalue weighted by atomic mass is 10.0. The standard InChI is InChI=1S/C18H20N4O2/c1-12-6-8-13(9-7-12)10-14(11-20-18(23)24)22-16-5-3-2-4-15(16)21-17(22)19/h2-9,14,20H,10-11H2,1H3,(H2,19,21)(H,23,24). The van der Waals surface area contributed by atoms with E-state index in [4.69, 9.17) is 10.8 Å². The molecular weight excluding hydrogens is 304 g/mol. The molecule has 1 amide bonds. The Morgan fingerprint density at radius 2 is 1.96 bits per heavy atom. The average molecular weight is 324 g/mol. The fourth-order valence-electron chi connectivity index (χ4n) is 2.90. The summed E-state index contributed by atoms with van der Waals surface area (Å²) in [5.74, 6) is 0.389. The first kappa shape index (κ1) is 15.9. The molecule has 1 heterocycles. The number of nitrogens with one attached hydrogen (secondary N) is 1. The molecule has 0 radical (unpaired) electrons. The first-order chi connectivity index (χ1) is 11.5. The summed E-state index contributed by atoms with van der Waals surface area (Å²) in [4.78, 5) is 15.3. The molecule has 0 saturated carbocycles. The van der Waals surface area contributed by atoms with Crippen LogP contribution >= 0.6 is 0 Å². The maximum atomic E-state index is 11.0. The van der Waals surface area contributed by atoms with Crippen LogP contribution in [0.15, 0.2) is 48.5 Å². The lowest BCUT2D eigenvalue weighted by Gasteiger charge is -2.21. The van der Waals surface area contributed by atoms with Crippen LogP contribution in [0.1, 0.15) is 17.2 Å². The highest BCUT2D eigenvalue weighted by Gasteiger charge is 2.19. The zero-order valence-electron chi connectivity index (χ0n) is 13.4. The number of benzene rings is 2. The summed E-state index contributed by atoms with van der Waals surface area (Å²) >= 11 is 0. The van der Waals surface area contributed by atoms with E-state index in [0.29, 0.717) is 12.4 Å². The Morgan fingerprint density at radius 1 is 1.25 bits per heavy atom. The topological polar surface area (TPSA) is 93.2 Å². The normalized spacial score (nSPS) is 12.2. The van der Waals surface area contributed by atoms with Gasteiger partial charge in [-0.05, 0) is 31.0 Å².